The van der Waals surface area contributed by atoms with Gasteiger partial charge in [0.05, 0.1) is 6.61 Å². The molecule has 16 heavy (non-hydrogen) atoms. The first-order chi connectivity index (χ1) is 7.07. The van der Waals surface area contributed by atoms with Gasteiger partial charge in [0.2, 0.25) is 0 Å². The van der Waals surface area contributed by atoms with Crippen molar-refractivity contribution in [2.75, 3.05) is 26.8 Å². The van der Waals surface area contributed by atoms with Gasteiger partial charge in [0.1, 0.15) is 12.1 Å². The number of hydrogen-bond acceptors (Lipinski definition) is 3. The fourth-order valence-corrected chi connectivity index (χ4v) is 0.832. The maximum Gasteiger partial charge on any atom is 0.411 e. The molecule has 0 saturated heterocycles. The van der Waals surface area contributed by atoms with Gasteiger partial charge in [0.15, 0.2) is 0 Å². The summed E-state index contributed by atoms with van der Waals surface area (Å²) >= 11 is 0. The summed E-state index contributed by atoms with van der Waals surface area (Å²) in [6, 6.07) is 0. The molecule has 0 aliphatic carbocycles. The van der Waals surface area contributed by atoms with E-state index in [4.69, 9.17) is 5.11 Å². The summed E-state index contributed by atoms with van der Waals surface area (Å²) in [5.41, 5.74) is -1.12. The van der Waals surface area contributed by atoms with Crippen LogP contribution in [-0.2, 0) is 9.53 Å². The number of likely N-dealkylation sites (N-methyl/N-ethyl adjacent to an activating group) is 1. The summed E-state index contributed by atoms with van der Waals surface area (Å²) in [4.78, 5) is 12.2. The van der Waals surface area contributed by atoms with Crippen molar-refractivity contribution in [3.05, 3.63) is 0 Å². The zero-order chi connectivity index (χ0) is 13.0. The molecule has 96 valence electrons. The minimum Gasteiger partial charge on any atom is -0.480 e. The third kappa shape index (κ3) is 5.32. The van der Waals surface area contributed by atoms with E-state index in [2.05, 4.69) is 4.74 Å². The third-order valence-electron chi connectivity index (χ3n) is 2.31. The van der Waals surface area contributed by atoms with Gasteiger partial charge in [-0.25, -0.2) is 0 Å². The van der Waals surface area contributed by atoms with Crippen LogP contribution < -0.4 is 0 Å². The third-order valence-corrected chi connectivity index (χ3v) is 2.31. The summed E-state index contributed by atoms with van der Waals surface area (Å²) in [7, 11) is 1.52. The Labute approximate surface area is 92.0 Å². The Bertz CT molecular complexity index is 241. The number of carboxylic acids is 1. The van der Waals surface area contributed by atoms with Gasteiger partial charge in [0.25, 0.3) is 0 Å². The molecule has 0 aromatic carbocycles. The summed E-state index contributed by atoms with van der Waals surface area (Å²) < 4.78 is 39.5. The molecule has 0 atom stereocenters. The maximum absolute atomic E-state index is 11.7. The predicted octanol–water partition coefficient (Wildman–Crippen LogP) is 1.36. The van der Waals surface area contributed by atoms with Gasteiger partial charge in [-0.2, -0.15) is 13.2 Å². The predicted molar refractivity (Wildman–Crippen MR) is 51.2 cm³/mol. The first-order valence-corrected chi connectivity index (χ1v) is 4.66. The monoisotopic (exact) mass is 243 g/mol. The van der Waals surface area contributed by atoms with Crippen LogP contribution in [0.25, 0.3) is 0 Å². The summed E-state index contributed by atoms with van der Waals surface area (Å²) in [5.74, 6) is -1.04. The molecule has 0 heterocycles. The highest BCUT2D eigenvalue weighted by Gasteiger charge is 2.32. The first-order valence-electron chi connectivity index (χ1n) is 4.66. The van der Waals surface area contributed by atoms with E-state index < -0.39 is 24.3 Å². The van der Waals surface area contributed by atoms with E-state index in [0.29, 0.717) is 0 Å². The number of aliphatic carboxylic acids is 1. The van der Waals surface area contributed by atoms with E-state index in [0.717, 1.165) is 0 Å². The van der Waals surface area contributed by atoms with Gasteiger partial charge in [-0.3, -0.25) is 9.69 Å². The second kappa shape index (κ2) is 5.49. The van der Waals surface area contributed by atoms with Crippen LogP contribution in [0.3, 0.4) is 0 Å². The van der Waals surface area contributed by atoms with E-state index in [1.807, 2.05) is 0 Å². The van der Waals surface area contributed by atoms with Crippen molar-refractivity contribution in [1.82, 2.24) is 4.90 Å². The fraction of sp³-hybridized carbons (Fsp3) is 0.889. The highest BCUT2D eigenvalue weighted by molar-refractivity contribution is 5.77. The zero-order valence-electron chi connectivity index (χ0n) is 9.47. The number of alkyl halides is 3. The van der Waals surface area contributed by atoms with Crippen molar-refractivity contribution in [3.8, 4) is 0 Å². The Hall–Kier alpha value is -0.820. The van der Waals surface area contributed by atoms with Gasteiger partial charge in [-0.15, -0.1) is 0 Å². The van der Waals surface area contributed by atoms with Crippen LogP contribution in [-0.4, -0.2) is 54.5 Å². The lowest BCUT2D eigenvalue weighted by Crippen LogP contribution is -2.49. The van der Waals surface area contributed by atoms with Gasteiger partial charge in [0, 0.05) is 6.54 Å². The van der Waals surface area contributed by atoms with E-state index in [9.17, 15) is 18.0 Å². The zero-order valence-corrected chi connectivity index (χ0v) is 9.47. The molecule has 0 aromatic rings. The number of rotatable bonds is 6. The van der Waals surface area contributed by atoms with Crippen molar-refractivity contribution in [1.29, 1.82) is 0 Å². The molecule has 4 nitrogen and oxygen atoms in total. The number of carbonyl (C=O) groups is 1. The van der Waals surface area contributed by atoms with Crippen LogP contribution in [0, 0.1) is 0 Å². The van der Waals surface area contributed by atoms with Crippen molar-refractivity contribution >= 4 is 5.97 Å². The lowest BCUT2D eigenvalue weighted by molar-refractivity contribution is -0.175. The van der Waals surface area contributed by atoms with Crippen molar-refractivity contribution in [2.24, 2.45) is 0 Å². The molecule has 7 heteroatoms. The Balaban J connectivity index is 3.91. The normalized spacial score (nSPS) is 13.2. The molecule has 1 N–H and O–H groups in total. The van der Waals surface area contributed by atoms with Crippen LogP contribution in [0.15, 0.2) is 0 Å². The molecule has 0 aliphatic rings. The van der Waals surface area contributed by atoms with Crippen LogP contribution in [0.2, 0.25) is 0 Å². The number of carboxylic acid groups (broad SMARTS) is 1. The second-order valence-corrected chi connectivity index (χ2v) is 3.95. The van der Waals surface area contributed by atoms with Crippen LogP contribution in [0.1, 0.15) is 13.8 Å². The number of hydrogen-bond donors (Lipinski definition) is 1. The molecular weight excluding hydrogens is 227 g/mol. The van der Waals surface area contributed by atoms with E-state index in [-0.39, 0.29) is 13.2 Å². The molecule has 0 amide bonds. The molecular formula is C9H16F3NO3. The first kappa shape index (κ1) is 15.2. The van der Waals surface area contributed by atoms with Crippen LogP contribution >= 0.6 is 0 Å². The highest BCUT2D eigenvalue weighted by Crippen LogP contribution is 2.15. The minimum absolute atomic E-state index is 0.120. The fourth-order valence-electron chi connectivity index (χ4n) is 0.832. The second-order valence-electron chi connectivity index (χ2n) is 3.95. The number of ether oxygens (including phenoxy) is 1. The Morgan fingerprint density at radius 1 is 1.38 bits per heavy atom. The Kier molecular flexibility index (Phi) is 5.21. The Morgan fingerprint density at radius 2 is 1.88 bits per heavy atom. The number of halogens is 3. The molecule has 0 rings (SSSR count). The molecule has 0 radical (unpaired) electrons. The van der Waals surface area contributed by atoms with Gasteiger partial charge in [-0.05, 0) is 20.9 Å². The average molecular weight is 243 g/mol. The van der Waals surface area contributed by atoms with Crippen LogP contribution in [0.5, 0.6) is 0 Å². The van der Waals surface area contributed by atoms with Gasteiger partial charge >= 0.3 is 12.1 Å². The molecule has 0 unspecified atom stereocenters. The molecule has 0 spiro atoms. The topological polar surface area (TPSA) is 49.8 Å². The highest BCUT2D eigenvalue weighted by atomic mass is 19.4. The van der Waals surface area contributed by atoms with Crippen molar-refractivity contribution in [2.45, 2.75) is 25.6 Å². The molecule has 0 aliphatic heterocycles. The Morgan fingerprint density at radius 3 is 2.25 bits per heavy atom. The summed E-state index contributed by atoms with van der Waals surface area (Å²) in [6.45, 7) is 1.59. The quantitative estimate of drug-likeness (QED) is 0.716. The maximum atomic E-state index is 11.7. The van der Waals surface area contributed by atoms with Gasteiger partial charge < -0.3 is 9.84 Å². The smallest absolute Gasteiger partial charge is 0.411 e. The van der Waals surface area contributed by atoms with Crippen molar-refractivity contribution < 1.29 is 27.8 Å². The molecule has 0 fully saturated rings. The number of nitrogens with zero attached hydrogens (tertiary/aromatic N) is 1. The minimum atomic E-state index is -4.35. The lowest BCUT2D eigenvalue weighted by atomic mass is 10.0. The van der Waals surface area contributed by atoms with Crippen LogP contribution in [0.4, 0.5) is 13.2 Å². The van der Waals surface area contributed by atoms with E-state index >= 15 is 0 Å². The van der Waals surface area contributed by atoms with Crippen molar-refractivity contribution in [3.63, 3.8) is 0 Å². The lowest BCUT2D eigenvalue weighted by Gasteiger charge is -2.31. The molecule has 0 aromatic heterocycles. The average Bonchev–Trinajstić information content (AvgIpc) is 2.10. The van der Waals surface area contributed by atoms with E-state index in [1.165, 1.54) is 25.8 Å². The van der Waals surface area contributed by atoms with E-state index in [1.54, 1.807) is 0 Å². The largest absolute Gasteiger partial charge is 0.480 e. The van der Waals surface area contributed by atoms with Gasteiger partial charge in [-0.1, -0.05) is 0 Å². The SMILES string of the molecule is CN(CCOCC(F)(F)F)C(C)(C)C(=O)O. The summed E-state index contributed by atoms with van der Waals surface area (Å²) in [6.07, 6.45) is -4.35. The summed E-state index contributed by atoms with van der Waals surface area (Å²) in [5, 5.41) is 8.83. The standard InChI is InChI=1S/C9H16F3NO3/c1-8(2,7(14)15)13(3)4-5-16-6-9(10,11)12/h4-6H2,1-3H3,(H,14,15). The molecule has 0 bridgehead atoms. The molecule has 0 saturated carbocycles.